The number of nitrogens with one attached hydrogen (secondary N) is 1. The van der Waals surface area contributed by atoms with Gasteiger partial charge in [-0.05, 0) is 44.4 Å². The van der Waals surface area contributed by atoms with Crippen LogP contribution in [0.3, 0.4) is 0 Å². The summed E-state index contributed by atoms with van der Waals surface area (Å²) in [7, 11) is 1.73. The largest absolute Gasteiger partial charge is 0.393 e. The van der Waals surface area contributed by atoms with Gasteiger partial charge in [-0.25, -0.2) is 4.79 Å². The first-order valence-electron chi connectivity index (χ1n) is 8.26. The molecule has 0 bridgehead atoms. The van der Waals surface area contributed by atoms with Crippen molar-refractivity contribution >= 4 is 6.03 Å². The van der Waals surface area contributed by atoms with Crippen LogP contribution in [0.15, 0.2) is 0 Å². The molecule has 0 aromatic carbocycles. The molecule has 2 rings (SSSR count). The minimum absolute atomic E-state index is 0.0315. The summed E-state index contributed by atoms with van der Waals surface area (Å²) in [5.41, 5.74) is 0.255. The van der Waals surface area contributed by atoms with Crippen molar-refractivity contribution in [3.8, 4) is 0 Å². The first-order valence-corrected chi connectivity index (χ1v) is 8.26. The Bertz CT molecular complexity index is 342. The standard InChI is InChI=1S/C16H30N2O3/c1-13(19)14-5-3-9-18(11-14)15(20)17-12-16(6-4-7-16)8-10-21-2/h13-14,19H,3-12H2,1-2H3,(H,17,20). The lowest BCUT2D eigenvalue weighted by atomic mass is 9.67. The molecular formula is C16H30N2O3. The van der Waals surface area contributed by atoms with Gasteiger partial charge in [-0.15, -0.1) is 0 Å². The number of carbonyl (C=O) groups excluding carboxylic acids is 1. The Balaban J connectivity index is 1.78. The van der Waals surface area contributed by atoms with E-state index in [0.29, 0.717) is 6.54 Å². The lowest BCUT2D eigenvalue weighted by Gasteiger charge is -2.43. The van der Waals surface area contributed by atoms with Gasteiger partial charge in [0, 0.05) is 39.3 Å². The maximum Gasteiger partial charge on any atom is 0.317 e. The summed E-state index contributed by atoms with van der Waals surface area (Å²) in [6.07, 6.45) is 6.32. The molecule has 1 heterocycles. The summed E-state index contributed by atoms with van der Waals surface area (Å²) < 4.78 is 5.19. The number of rotatable bonds is 6. The molecule has 2 fully saturated rings. The van der Waals surface area contributed by atoms with Crippen LogP contribution < -0.4 is 5.32 Å². The highest BCUT2D eigenvalue weighted by atomic mass is 16.5. The van der Waals surface area contributed by atoms with Gasteiger partial charge < -0.3 is 20.1 Å². The molecule has 0 spiro atoms. The summed E-state index contributed by atoms with van der Waals surface area (Å²) in [5, 5.41) is 12.8. The van der Waals surface area contributed by atoms with E-state index < -0.39 is 0 Å². The third-order valence-electron chi connectivity index (χ3n) is 5.29. The summed E-state index contributed by atoms with van der Waals surface area (Å²) >= 11 is 0. The number of carbonyl (C=O) groups is 1. The number of hydrogen-bond acceptors (Lipinski definition) is 3. The van der Waals surface area contributed by atoms with E-state index in [1.54, 1.807) is 7.11 Å². The van der Waals surface area contributed by atoms with Crippen molar-refractivity contribution in [1.82, 2.24) is 10.2 Å². The minimum Gasteiger partial charge on any atom is -0.393 e. The fourth-order valence-corrected chi connectivity index (χ4v) is 3.47. The number of nitrogens with zero attached hydrogens (tertiary/aromatic N) is 1. The third-order valence-corrected chi connectivity index (χ3v) is 5.29. The molecule has 1 aliphatic heterocycles. The van der Waals surface area contributed by atoms with Crippen LogP contribution in [0.2, 0.25) is 0 Å². The molecule has 21 heavy (non-hydrogen) atoms. The summed E-state index contributed by atoms with van der Waals surface area (Å²) in [6, 6.07) is 0.0315. The van der Waals surface area contributed by atoms with Crippen molar-refractivity contribution in [1.29, 1.82) is 0 Å². The van der Waals surface area contributed by atoms with Crippen molar-refractivity contribution < 1.29 is 14.6 Å². The zero-order valence-electron chi connectivity index (χ0n) is 13.4. The number of aliphatic hydroxyl groups is 1. The Labute approximate surface area is 128 Å². The predicted molar refractivity (Wildman–Crippen MR) is 82.2 cm³/mol. The number of hydrogen-bond donors (Lipinski definition) is 2. The van der Waals surface area contributed by atoms with Crippen LogP contribution in [-0.4, -0.2) is 55.5 Å². The molecule has 0 aromatic heterocycles. The van der Waals surface area contributed by atoms with E-state index in [1.165, 1.54) is 19.3 Å². The average molecular weight is 298 g/mol. The van der Waals surface area contributed by atoms with E-state index in [9.17, 15) is 9.90 Å². The molecule has 2 aliphatic rings. The maximum atomic E-state index is 12.3. The SMILES string of the molecule is COCCC1(CNC(=O)N2CCCC(C(C)O)C2)CCC1. The molecule has 5 nitrogen and oxygen atoms in total. The number of likely N-dealkylation sites (tertiary alicyclic amines) is 1. The van der Waals surface area contributed by atoms with Crippen molar-refractivity contribution in [3.05, 3.63) is 0 Å². The Kier molecular flexibility index (Phi) is 5.88. The number of amides is 2. The van der Waals surface area contributed by atoms with Crippen molar-refractivity contribution in [2.75, 3.05) is 33.4 Å². The number of methoxy groups -OCH3 is 1. The third kappa shape index (κ3) is 4.33. The zero-order valence-corrected chi connectivity index (χ0v) is 13.4. The number of ether oxygens (including phenoxy) is 1. The minimum atomic E-state index is -0.333. The normalized spacial score (nSPS) is 26.0. The van der Waals surface area contributed by atoms with Crippen LogP contribution >= 0.6 is 0 Å². The van der Waals surface area contributed by atoms with Gasteiger partial charge in [0.15, 0.2) is 0 Å². The predicted octanol–water partition coefficient (Wildman–Crippen LogP) is 2.00. The van der Waals surface area contributed by atoms with Crippen molar-refractivity contribution in [2.45, 2.75) is 51.6 Å². The molecule has 0 aromatic rings. The van der Waals surface area contributed by atoms with Gasteiger partial charge in [-0.3, -0.25) is 0 Å². The van der Waals surface area contributed by atoms with Gasteiger partial charge in [0.05, 0.1) is 6.10 Å². The molecule has 2 N–H and O–H groups in total. The van der Waals surface area contributed by atoms with Crippen LogP contribution in [0.5, 0.6) is 0 Å². The van der Waals surface area contributed by atoms with Crippen LogP contribution in [-0.2, 0) is 4.74 Å². The lowest BCUT2D eigenvalue weighted by molar-refractivity contribution is 0.0606. The molecule has 2 amide bonds. The first kappa shape index (κ1) is 16.6. The fourth-order valence-electron chi connectivity index (χ4n) is 3.47. The molecule has 1 saturated carbocycles. The van der Waals surface area contributed by atoms with Gasteiger partial charge in [-0.2, -0.15) is 0 Å². The zero-order chi connectivity index (χ0) is 15.3. The van der Waals surface area contributed by atoms with Crippen LogP contribution in [0.25, 0.3) is 0 Å². The maximum absolute atomic E-state index is 12.3. The lowest BCUT2D eigenvalue weighted by Crippen LogP contribution is -2.51. The van der Waals surface area contributed by atoms with E-state index >= 15 is 0 Å². The second-order valence-corrected chi connectivity index (χ2v) is 6.84. The van der Waals surface area contributed by atoms with Gasteiger partial charge in [-0.1, -0.05) is 6.42 Å². The van der Waals surface area contributed by atoms with Gasteiger partial charge in [0.25, 0.3) is 0 Å². The van der Waals surface area contributed by atoms with Crippen LogP contribution in [0.1, 0.15) is 45.4 Å². The van der Waals surface area contributed by atoms with E-state index in [-0.39, 0.29) is 23.5 Å². The van der Waals surface area contributed by atoms with Crippen LogP contribution in [0, 0.1) is 11.3 Å². The van der Waals surface area contributed by atoms with Crippen LogP contribution in [0.4, 0.5) is 4.79 Å². The van der Waals surface area contributed by atoms with Gasteiger partial charge in [0.2, 0.25) is 0 Å². The molecule has 0 radical (unpaired) electrons. The van der Waals surface area contributed by atoms with E-state index in [1.807, 2.05) is 11.8 Å². The molecular weight excluding hydrogens is 268 g/mol. The molecule has 122 valence electrons. The highest BCUT2D eigenvalue weighted by Gasteiger charge is 2.37. The Morgan fingerprint density at radius 3 is 2.81 bits per heavy atom. The van der Waals surface area contributed by atoms with E-state index in [0.717, 1.165) is 39.0 Å². The Morgan fingerprint density at radius 1 is 1.48 bits per heavy atom. The molecule has 2 atom stereocenters. The van der Waals surface area contributed by atoms with E-state index in [4.69, 9.17) is 4.74 Å². The number of piperidine rings is 1. The Morgan fingerprint density at radius 2 is 2.24 bits per heavy atom. The molecule has 1 aliphatic carbocycles. The van der Waals surface area contributed by atoms with Gasteiger partial charge in [0.1, 0.15) is 0 Å². The van der Waals surface area contributed by atoms with Gasteiger partial charge >= 0.3 is 6.03 Å². The van der Waals surface area contributed by atoms with Crippen molar-refractivity contribution in [2.24, 2.45) is 11.3 Å². The highest BCUT2D eigenvalue weighted by molar-refractivity contribution is 5.74. The average Bonchev–Trinajstić information content (AvgIpc) is 2.45. The monoisotopic (exact) mass is 298 g/mol. The molecule has 1 saturated heterocycles. The second-order valence-electron chi connectivity index (χ2n) is 6.84. The fraction of sp³-hybridized carbons (Fsp3) is 0.938. The number of aliphatic hydroxyl groups excluding tert-OH is 1. The summed E-state index contributed by atoms with van der Waals surface area (Å²) in [6.45, 7) is 4.82. The first-order chi connectivity index (χ1) is 10.1. The quantitative estimate of drug-likeness (QED) is 0.788. The highest BCUT2D eigenvalue weighted by Crippen LogP contribution is 2.43. The Hall–Kier alpha value is -0.810. The smallest absolute Gasteiger partial charge is 0.317 e. The molecule has 2 unspecified atom stereocenters. The number of urea groups is 1. The molecule has 5 heteroatoms. The topological polar surface area (TPSA) is 61.8 Å². The summed E-state index contributed by atoms with van der Waals surface area (Å²) in [5.74, 6) is 0.218. The van der Waals surface area contributed by atoms with E-state index in [2.05, 4.69) is 5.32 Å². The van der Waals surface area contributed by atoms with Crippen molar-refractivity contribution in [3.63, 3.8) is 0 Å². The second kappa shape index (κ2) is 7.45. The summed E-state index contributed by atoms with van der Waals surface area (Å²) in [4.78, 5) is 14.2.